The van der Waals surface area contributed by atoms with E-state index in [1.165, 1.54) is 11.1 Å². The average molecular weight is 559 g/mol. The number of carbonyl (C=O) groups excluding carboxylic acids is 1. The number of ether oxygens (including phenoxy) is 2. The molecule has 9 nitrogen and oxygen atoms in total. The zero-order valence-corrected chi connectivity index (χ0v) is 24.3. The SMILES string of the molecule is COc1nc(N2C[C@@H]3C[C@H]2CO3)cc(-n2ncc3cc(C)c(C4CCN(CCC(C)=O)CC4)cc32)n1.S.S. The number of anilines is 1. The molecule has 2 bridgehead atoms. The van der Waals surface area contributed by atoms with Gasteiger partial charge in [-0.1, -0.05) is 0 Å². The number of piperidine rings is 1. The van der Waals surface area contributed by atoms with Crippen LogP contribution in [-0.2, 0) is 9.53 Å². The molecule has 206 valence electrons. The number of likely N-dealkylation sites (tertiary alicyclic amines) is 1. The van der Waals surface area contributed by atoms with Crippen LogP contribution < -0.4 is 9.64 Å². The first-order valence-corrected chi connectivity index (χ1v) is 13.0. The molecule has 6 rings (SSSR count). The number of hydrogen-bond donors (Lipinski definition) is 0. The molecule has 0 unspecified atom stereocenters. The smallest absolute Gasteiger partial charge is 0.320 e. The minimum Gasteiger partial charge on any atom is -0.467 e. The number of nitrogens with zero attached hydrogens (tertiary/aromatic N) is 6. The highest BCUT2D eigenvalue weighted by molar-refractivity contribution is 7.59. The lowest BCUT2D eigenvalue weighted by atomic mass is 9.86. The maximum Gasteiger partial charge on any atom is 0.320 e. The summed E-state index contributed by atoms with van der Waals surface area (Å²) in [5.41, 5.74) is 3.73. The van der Waals surface area contributed by atoms with Crippen molar-refractivity contribution in [3.63, 3.8) is 0 Å². The van der Waals surface area contributed by atoms with E-state index >= 15 is 0 Å². The topological polar surface area (TPSA) is 85.6 Å². The third-order valence-corrected chi connectivity index (χ3v) is 8.04. The Morgan fingerprint density at radius 1 is 1.13 bits per heavy atom. The molecule has 0 aliphatic carbocycles. The van der Waals surface area contributed by atoms with E-state index in [-0.39, 0.29) is 38.9 Å². The Bertz CT molecular complexity index is 1290. The third-order valence-electron chi connectivity index (χ3n) is 8.04. The van der Waals surface area contributed by atoms with Gasteiger partial charge in [-0.3, -0.25) is 4.79 Å². The zero-order valence-electron chi connectivity index (χ0n) is 22.3. The second kappa shape index (κ2) is 11.8. The highest BCUT2D eigenvalue weighted by Gasteiger charge is 2.40. The Morgan fingerprint density at radius 3 is 2.55 bits per heavy atom. The van der Waals surface area contributed by atoms with Crippen LogP contribution in [0, 0.1) is 6.92 Å². The van der Waals surface area contributed by atoms with Gasteiger partial charge < -0.3 is 19.3 Å². The van der Waals surface area contributed by atoms with Gasteiger partial charge in [0, 0.05) is 31.0 Å². The van der Waals surface area contributed by atoms with Gasteiger partial charge >= 0.3 is 6.01 Å². The molecule has 3 fully saturated rings. The first-order valence-electron chi connectivity index (χ1n) is 13.0. The summed E-state index contributed by atoms with van der Waals surface area (Å²) >= 11 is 0. The molecule has 3 aliphatic rings. The first-order chi connectivity index (χ1) is 17.5. The summed E-state index contributed by atoms with van der Waals surface area (Å²) in [7, 11) is 1.60. The van der Waals surface area contributed by atoms with Gasteiger partial charge in [0.15, 0.2) is 5.82 Å². The lowest BCUT2D eigenvalue weighted by molar-refractivity contribution is -0.117. The average Bonchev–Trinajstić information content (AvgIpc) is 3.63. The predicted octanol–water partition coefficient (Wildman–Crippen LogP) is 3.49. The van der Waals surface area contributed by atoms with E-state index in [1.807, 2.05) is 16.9 Å². The van der Waals surface area contributed by atoms with Crippen molar-refractivity contribution >= 4 is 49.5 Å². The number of morpholine rings is 1. The third kappa shape index (κ3) is 5.52. The van der Waals surface area contributed by atoms with Crippen molar-refractivity contribution < 1.29 is 14.3 Å². The number of fused-ring (bicyclic) bond motifs is 3. The summed E-state index contributed by atoms with van der Waals surface area (Å²) in [4.78, 5) is 25.4. The standard InChI is InChI=1S/C27H34N6O3.2H2S/c1-17-10-20-14-28-33(24(20)12-23(17)19-5-8-31(9-6-19)7-4-18(2)34)26-13-25(29-27(30-26)35-3)32-15-22-11-21(32)16-36-22;;/h10,12-14,19,21-22H,4-9,11,15-16H2,1-3H3;2*1H2/t21-,22-;;/m0../s1. The summed E-state index contributed by atoms with van der Waals surface area (Å²) in [6, 6.07) is 7.26. The molecule has 2 aromatic heterocycles. The fraction of sp³-hybridized carbons (Fsp3) is 0.556. The summed E-state index contributed by atoms with van der Waals surface area (Å²) < 4.78 is 13.2. The van der Waals surface area contributed by atoms with Gasteiger partial charge in [0.25, 0.3) is 0 Å². The van der Waals surface area contributed by atoms with E-state index in [4.69, 9.17) is 14.6 Å². The molecular weight excluding hydrogens is 520 g/mol. The fourth-order valence-corrected chi connectivity index (χ4v) is 6.04. The van der Waals surface area contributed by atoms with Crippen molar-refractivity contribution in [3.8, 4) is 11.8 Å². The van der Waals surface area contributed by atoms with Gasteiger partial charge in [-0.15, -0.1) is 0 Å². The second-order valence-electron chi connectivity index (χ2n) is 10.5. The van der Waals surface area contributed by atoms with Crippen molar-refractivity contribution in [1.82, 2.24) is 24.6 Å². The van der Waals surface area contributed by atoms with Crippen LogP contribution in [0.15, 0.2) is 24.4 Å². The predicted molar refractivity (Wildman–Crippen MR) is 158 cm³/mol. The molecule has 38 heavy (non-hydrogen) atoms. The second-order valence-corrected chi connectivity index (χ2v) is 10.5. The molecule has 1 aromatic carbocycles. The molecule has 2 atom stereocenters. The quantitative estimate of drug-likeness (QED) is 0.436. The van der Waals surface area contributed by atoms with E-state index in [1.54, 1.807) is 14.0 Å². The monoisotopic (exact) mass is 558 g/mol. The van der Waals surface area contributed by atoms with Crippen LogP contribution in [0.25, 0.3) is 16.7 Å². The Hall–Kier alpha value is -2.34. The fourth-order valence-electron chi connectivity index (χ4n) is 6.04. The van der Waals surface area contributed by atoms with E-state index < -0.39 is 0 Å². The molecule has 11 heteroatoms. The molecule has 0 spiro atoms. The Morgan fingerprint density at radius 2 is 1.89 bits per heavy atom. The Balaban J connectivity index is 0.00000168. The molecule has 0 amide bonds. The van der Waals surface area contributed by atoms with E-state index in [0.29, 0.717) is 30.2 Å². The van der Waals surface area contributed by atoms with E-state index in [0.717, 1.165) is 68.8 Å². The molecule has 0 N–H and O–H groups in total. The highest BCUT2D eigenvalue weighted by atomic mass is 32.1. The molecule has 0 radical (unpaired) electrons. The maximum absolute atomic E-state index is 11.4. The number of carbonyl (C=O) groups is 1. The van der Waals surface area contributed by atoms with Crippen molar-refractivity contribution in [2.75, 3.05) is 44.8 Å². The molecule has 5 heterocycles. The van der Waals surface area contributed by atoms with Gasteiger partial charge in [0.1, 0.15) is 11.6 Å². The van der Waals surface area contributed by atoms with Crippen molar-refractivity contribution in [1.29, 1.82) is 0 Å². The van der Waals surface area contributed by atoms with Crippen molar-refractivity contribution in [2.45, 2.75) is 57.6 Å². The van der Waals surface area contributed by atoms with Crippen LogP contribution in [0.1, 0.15) is 49.7 Å². The summed E-state index contributed by atoms with van der Waals surface area (Å²) in [6.07, 6.45) is 6.08. The number of benzene rings is 1. The van der Waals surface area contributed by atoms with Gasteiger partial charge in [-0.25, -0.2) is 4.68 Å². The largest absolute Gasteiger partial charge is 0.467 e. The Kier molecular flexibility index (Phi) is 8.91. The number of methoxy groups -OCH3 is 1. The maximum atomic E-state index is 11.4. The van der Waals surface area contributed by atoms with Crippen molar-refractivity contribution in [2.24, 2.45) is 0 Å². The summed E-state index contributed by atoms with van der Waals surface area (Å²) in [5.74, 6) is 2.34. The first kappa shape index (κ1) is 28.7. The number of hydrogen-bond acceptors (Lipinski definition) is 8. The lowest BCUT2D eigenvalue weighted by Crippen LogP contribution is -2.37. The number of Topliss-reactive ketones (excluding diaryl/α,β-unsaturated/α-hetero) is 1. The van der Waals surface area contributed by atoms with Crippen LogP contribution >= 0.6 is 27.0 Å². The van der Waals surface area contributed by atoms with Crippen LogP contribution in [-0.4, -0.2) is 82.5 Å². The molecular formula is C27H38N6O3S2. The van der Waals surface area contributed by atoms with E-state index in [2.05, 4.69) is 38.8 Å². The Labute approximate surface area is 237 Å². The molecule has 3 aromatic rings. The molecule has 3 saturated heterocycles. The van der Waals surface area contributed by atoms with Crippen molar-refractivity contribution in [3.05, 3.63) is 35.5 Å². The minimum atomic E-state index is 0. The molecule has 0 saturated carbocycles. The van der Waals surface area contributed by atoms with Gasteiger partial charge in [0.2, 0.25) is 0 Å². The summed E-state index contributed by atoms with van der Waals surface area (Å²) in [6.45, 7) is 8.39. The number of rotatable bonds is 7. The van der Waals surface area contributed by atoms with Crippen LogP contribution in [0.5, 0.6) is 6.01 Å². The zero-order chi connectivity index (χ0) is 24.8. The number of ketones is 1. The van der Waals surface area contributed by atoms with Gasteiger partial charge in [-0.05, 0) is 75.4 Å². The van der Waals surface area contributed by atoms with Gasteiger partial charge in [-0.2, -0.15) is 42.1 Å². The highest BCUT2D eigenvalue weighted by Crippen LogP contribution is 2.35. The van der Waals surface area contributed by atoms with E-state index in [9.17, 15) is 4.79 Å². The normalized spacial score (nSPS) is 21.4. The molecule has 3 aliphatic heterocycles. The number of aryl methyl sites for hydroxylation is 1. The van der Waals surface area contributed by atoms with Gasteiger partial charge in [0.05, 0.1) is 37.6 Å². The van der Waals surface area contributed by atoms with Crippen LogP contribution in [0.2, 0.25) is 0 Å². The lowest BCUT2D eigenvalue weighted by Gasteiger charge is -2.32. The number of aromatic nitrogens is 4. The van der Waals surface area contributed by atoms with Crippen LogP contribution in [0.4, 0.5) is 5.82 Å². The minimum absolute atomic E-state index is 0. The summed E-state index contributed by atoms with van der Waals surface area (Å²) in [5, 5.41) is 5.82. The van der Waals surface area contributed by atoms with Crippen LogP contribution in [0.3, 0.4) is 0 Å².